The van der Waals surface area contributed by atoms with Gasteiger partial charge in [-0.25, -0.2) is 0 Å². The van der Waals surface area contributed by atoms with E-state index < -0.39 is 0 Å². The van der Waals surface area contributed by atoms with Gasteiger partial charge in [-0.2, -0.15) is 0 Å². The Morgan fingerprint density at radius 3 is 2.33 bits per heavy atom. The quantitative estimate of drug-likeness (QED) is 0.677. The van der Waals surface area contributed by atoms with Crippen LogP contribution in [-0.2, 0) is 0 Å². The Bertz CT molecular complexity index is 158. The van der Waals surface area contributed by atoms with Gasteiger partial charge in [0.2, 0.25) is 0 Å². The highest BCUT2D eigenvalue weighted by Gasteiger charge is 2.32. The molecule has 0 radical (unpaired) electrons. The summed E-state index contributed by atoms with van der Waals surface area (Å²) in [6, 6.07) is 0. The van der Waals surface area contributed by atoms with Crippen LogP contribution < -0.4 is 5.32 Å². The average Bonchev–Trinajstić information content (AvgIpc) is 2.05. The van der Waals surface area contributed by atoms with E-state index in [2.05, 4.69) is 51.7 Å². The van der Waals surface area contributed by atoms with Crippen molar-refractivity contribution in [3.8, 4) is 0 Å². The average molecular weight is 187 g/mol. The van der Waals surface area contributed by atoms with Crippen LogP contribution in [0, 0.1) is 5.41 Å². The molecule has 1 atom stereocenters. The topological polar surface area (TPSA) is 12.0 Å². The molecule has 1 fully saturated rings. The molecule has 0 aromatic carbocycles. The lowest BCUT2D eigenvalue weighted by Gasteiger charge is -2.24. The van der Waals surface area contributed by atoms with Crippen LogP contribution in [0.2, 0.25) is 0 Å². The van der Waals surface area contributed by atoms with Gasteiger partial charge in [-0.15, -0.1) is 11.8 Å². The third-order valence-electron chi connectivity index (χ3n) is 1.99. The SMILES string of the molecule is CC(C)(C)CC1NC(C)(C)CS1. The van der Waals surface area contributed by atoms with Crippen LogP contribution in [0.5, 0.6) is 0 Å². The van der Waals surface area contributed by atoms with Gasteiger partial charge in [0.05, 0.1) is 5.37 Å². The normalized spacial score (nSPS) is 29.2. The third kappa shape index (κ3) is 3.36. The molecule has 0 aromatic rings. The summed E-state index contributed by atoms with van der Waals surface area (Å²) in [7, 11) is 0. The predicted octanol–water partition coefficient (Wildman–Crippen LogP) is 2.86. The second kappa shape index (κ2) is 3.22. The van der Waals surface area contributed by atoms with Crippen molar-refractivity contribution in [3.63, 3.8) is 0 Å². The highest BCUT2D eigenvalue weighted by atomic mass is 32.2. The van der Waals surface area contributed by atoms with Crippen molar-refractivity contribution in [1.82, 2.24) is 5.32 Å². The molecule has 12 heavy (non-hydrogen) atoms. The minimum Gasteiger partial charge on any atom is -0.299 e. The standard InChI is InChI=1S/C10H21NS/c1-9(2,3)6-8-11-10(4,5)7-12-8/h8,11H,6-7H2,1-5H3. The van der Waals surface area contributed by atoms with Crippen LogP contribution in [0.15, 0.2) is 0 Å². The zero-order valence-corrected chi connectivity index (χ0v) is 9.72. The van der Waals surface area contributed by atoms with E-state index >= 15 is 0 Å². The van der Waals surface area contributed by atoms with Gasteiger partial charge in [-0.1, -0.05) is 20.8 Å². The van der Waals surface area contributed by atoms with E-state index in [1.165, 1.54) is 12.2 Å². The van der Waals surface area contributed by atoms with Crippen molar-refractivity contribution in [3.05, 3.63) is 0 Å². The Kier molecular flexibility index (Phi) is 2.79. The zero-order chi connectivity index (χ0) is 9.41. The lowest BCUT2D eigenvalue weighted by Crippen LogP contribution is -2.40. The van der Waals surface area contributed by atoms with Crippen molar-refractivity contribution in [1.29, 1.82) is 0 Å². The first-order valence-corrected chi connectivity index (χ1v) is 5.73. The highest BCUT2D eigenvalue weighted by molar-refractivity contribution is 8.00. The lowest BCUT2D eigenvalue weighted by atomic mass is 9.92. The van der Waals surface area contributed by atoms with E-state index in [-0.39, 0.29) is 0 Å². The van der Waals surface area contributed by atoms with Crippen molar-refractivity contribution in [2.24, 2.45) is 5.41 Å². The van der Waals surface area contributed by atoms with Gasteiger partial charge in [0.15, 0.2) is 0 Å². The van der Waals surface area contributed by atoms with Gasteiger partial charge in [0.25, 0.3) is 0 Å². The molecule has 1 rings (SSSR count). The molecule has 0 saturated carbocycles. The Morgan fingerprint density at radius 1 is 1.42 bits per heavy atom. The smallest absolute Gasteiger partial charge is 0.0542 e. The van der Waals surface area contributed by atoms with E-state index in [9.17, 15) is 0 Å². The number of thioether (sulfide) groups is 1. The first kappa shape index (κ1) is 10.4. The minimum absolute atomic E-state index is 0.348. The summed E-state index contributed by atoms with van der Waals surface area (Å²) in [6.45, 7) is 11.5. The molecular formula is C10H21NS. The highest BCUT2D eigenvalue weighted by Crippen LogP contribution is 2.33. The lowest BCUT2D eigenvalue weighted by molar-refractivity contribution is 0.330. The summed E-state index contributed by atoms with van der Waals surface area (Å²) in [6.07, 6.45) is 1.26. The van der Waals surface area contributed by atoms with Gasteiger partial charge in [0, 0.05) is 11.3 Å². The molecule has 0 spiro atoms. The van der Waals surface area contributed by atoms with Crippen molar-refractivity contribution in [2.75, 3.05) is 5.75 Å². The van der Waals surface area contributed by atoms with Gasteiger partial charge in [-0.05, 0) is 25.7 Å². The summed E-state index contributed by atoms with van der Waals surface area (Å²) < 4.78 is 0. The molecule has 1 saturated heterocycles. The second-order valence-electron chi connectivity index (χ2n) is 5.59. The van der Waals surface area contributed by atoms with Gasteiger partial charge in [-0.3, -0.25) is 5.32 Å². The molecule has 1 aliphatic heterocycles. The molecule has 0 bridgehead atoms. The summed E-state index contributed by atoms with van der Waals surface area (Å²) >= 11 is 2.07. The number of hydrogen-bond donors (Lipinski definition) is 1. The summed E-state index contributed by atoms with van der Waals surface area (Å²) in [5.41, 5.74) is 0.797. The van der Waals surface area contributed by atoms with E-state index in [0.29, 0.717) is 16.3 Å². The molecule has 1 aliphatic rings. The molecule has 72 valence electrons. The molecule has 0 aromatic heterocycles. The van der Waals surface area contributed by atoms with E-state index in [1.807, 2.05) is 0 Å². The molecule has 2 heteroatoms. The van der Waals surface area contributed by atoms with Crippen molar-refractivity contribution >= 4 is 11.8 Å². The fourth-order valence-corrected chi connectivity index (χ4v) is 3.22. The second-order valence-corrected chi connectivity index (χ2v) is 6.78. The van der Waals surface area contributed by atoms with E-state index in [0.717, 1.165) is 0 Å². The maximum absolute atomic E-state index is 3.65. The first-order valence-electron chi connectivity index (χ1n) is 4.68. The van der Waals surface area contributed by atoms with E-state index in [4.69, 9.17) is 0 Å². The fourth-order valence-electron chi connectivity index (χ4n) is 1.49. The van der Waals surface area contributed by atoms with Gasteiger partial charge in [0.1, 0.15) is 0 Å². The Labute approximate surface area is 80.7 Å². The number of nitrogens with one attached hydrogen (secondary N) is 1. The Balaban J connectivity index is 2.39. The maximum Gasteiger partial charge on any atom is 0.0542 e. The number of hydrogen-bond acceptors (Lipinski definition) is 2. The van der Waals surface area contributed by atoms with Crippen LogP contribution >= 0.6 is 11.8 Å². The monoisotopic (exact) mass is 187 g/mol. The fraction of sp³-hybridized carbons (Fsp3) is 1.00. The molecule has 1 N–H and O–H groups in total. The van der Waals surface area contributed by atoms with Gasteiger partial charge < -0.3 is 0 Å². The van der Waals surface area contributed by atoms with Crippen LogP contribution in [0.1, 0.15) is 41.0 Å². The Hall–Kier alpha value is 0.310. The maximum atomic E-state index is 3.65. The minimum atomic E-state index is 0.348. The largest absolute Gasteiger partial charge is 0.299 e. The van der Waals surface area contributed by atoms with Crippen molar-refractivity contribution < 1.29 is 0 Å². The predicted molar refractivity (Wildman–Crippen MR) is 57.5 cm³/mol. The van der Waals surface area contributed by atoms with Crippen LogP contribution in [-0.4, -0.2) is 16.7 Å². The molecule has 1 heterocycles. The summed E-state index contributed by atoms with van der Waals surface area (Å²) in [5, 5.41) is 4.32. The van der Waals surface area contributed by atoms with Crippen LogP contribution in [0.3, 0.4) is 0 Å². The van der Waals surface area contributed by atoms with Crippen molar-refractivity contribution in [2.45, 2.75) is 52.0 Å². The summed E-state index contributed by atoms with van der Waals surface area (Å²) in [5.74, 6) is 1.24. The molecule has 0 aliphatic carbocycles. The molecule has 0 amide bonds. The van der Waals surface area contributed by atoms with Gasteiger partial charge >= 0.3 is 0 Å². The molecule has 1 unspecified atom stereocenters. The van der Waals surface area contributed by atoms with Crippen LogP contribution in [0.25, 0.3) is 0 Å². The molecule has 1 nitrogen and oxygen atoms in total. The van der Waals surface area contributed by atoms with Crippen LogP contribution in [0.4, 0.5) is 0 Å². The Morgan fingerprint density at radius 2 is 2.00 bits per heavy atom. The zero-order valence-electron chi connectivity index (χ0n) is 8.90. The third-order valence-corrected chi connectivity index (χ3v) is 3.57. The first-order chi connectivity index (χ1) is 5.29. The number of rotatable bonds is 1. The summed E-state index contributed by atoms with van der Waals surface area (Å²) in [4.78, 5) is 0. The van der Waals surface area contributed by atoms with E-state index in [1.54, 1.807) is 0 Å². The molecular weight excluding hydrogens is 166 g/mol.